The third kappa shape index (κ3) is 3.58. The summed E-state index contributed by atoms with van der Waals surface area (Å²) >= 11 is 0. The van der Waals surface area contributed by atoms with Crippen LogP contribution in [-0.2, 0) is 4.79 Å². The number of nitrogens with two attached hydrogens (primary N) is 1. The Bertz CT molecular complexity index is 722. The van der Waals surface area contributed by atoms with Gasteiger partial charge in [-0.05, 0) is 43.7 Å². The van der Waals surface area contributed by atoms with Crippen LogP contribution in [0.3, 0.4) is 0 Å². The number of amides is 1. The van der Waals surface area contributed by atoms with Crippen molar-refractivity contribution in [2.75, 3.05) is 30.9 Å². The van der Waals surface area contributed by atoms with Gasteiger partial charge in [-0.15, -0.1) is 0 Å². The summed E-state index contributed by atoms with van der Waals surface area (Å²) in [4.78, 5) is 22.5. The van der Waals surface area contributed by atoms with Crippen molar-refractivity contribution in [3.63, 3.8) is 0 Å². The van der Waals surface area contributed by atoms with E-state index in [1.54, 1.807) is 0 Å². The predicted octanol–water partition coefficient (Wildman–Crippen LogP) is 2.40. The molecule has 1 saturated carbocycles. The van der Waals surface area contributed by atoms with Crippen molar-refractivity contribution in [3.8, 4) is 0 Å². The molecule has 1 aliphatic rings. The van der Waals surface area contributed by atoms with Crippen LogP contribution in [0.2, 0.25) is 0 Å². The molecule has 0 radical (unpaired) electrons. The summed E-state index contributed by atoms with van der Waals surface area (Å²) in [5, 5.41) is 4.43. The summed E-state index contributed by atoms with van der Waals surface area (Å²) in [6.45, 7) is 0.830. The Kier molecular flexibility index (Phi) is 4.83. The summed E-state index contributed by atoms with van der Waals surface area (Å²) in [6.07, 6.45) is 3.83. The van der Waals surface area contributed by atoms with E-state index in [2.05, 4.69) is 15.3 Å². The van der Waals surface area contributed by atoms with E-state index >= 15 is 0 Å². The topological polar surface area (TPSA) is 84.1 Å². The molecule has 3 rings (SSSR count). The maximum Gasteiger partial charge on any atom is 0.225 e. The van der Waals surface area contributed by atoms with E-state index in [0.29, 0.717) is 11.9 Å². The van der Waals surface area contributed by atoms with E-state index in [1.165, 1.54) is 0 Å². The van der Waals surface area contributed by atoms with Gasteiger partial charge in [-0.25, -0.2) is 4.98 Å². The fourth-order valence-electron chi connectivity index (χ4n) is 3.37. The SMILES string of the molecule is CN(C)c1nc(NCC2CCC(C(N)=O)CC2)nc2ccccc12. The Morgan fingerprint density at radius 2 is 1.92 bits per heavy atom. The molecule has 24 heavy (non-hydrogen) atoms. The second-order valence-corrected chi connectivity index (χ2v) is 6.78. The number of fused-ring (bicyclic) bond motifs is 1. The molecular formula is C18H25N5O. The summed E-state index contributed by atoms with van der Waals surface area (Å²) in [7, 11) is 3.98. The average molecular weight is 327 g/mol. The summed E-state index contributed by atoms with van der Waals surface area (Å²) in [5.74, 6) is 2.02. The minimum absolute atomic E-state index is 0.0542. The normalized spacial score (nSPS) is 20.8. The average Bonchev–Trinajstić information content (AvgIpc) is 2.59. The fraction of sp³-hybridized carbons (Fsp3) is 0.500. The molecule has 6 nitrogen and oxygen atoms in total. The molecule has 2 aromatic rings. The molecule has 0 atom stereocenters. The van der Waals surface area contributed by atoms with Crippen molar-refractivity contribution < 1.29 is 4.79 Å². The number of aromatic nitrogens is 2. The lowest BCUT2D eigenvalue weighted by Gasteiger charge is -2.26. The first-order chi connectivity index (χ1) is 11.5. The highest BCUT2D eigenvalue weighted by molar-refractivity contribution is 5.90. The smallest absolute Gasteiger partial charge is 0.225 e. The van der Waals surface area contributed by atoms with Gasteiger partial charge in [0, 0.05) is 31.9 Å². The van der Waals surface area contributed by atoms with Gasteiger partial charge in [-0.1, -0.05) is 12.1 Å². The molecule has 1 aliphatic carbocycles. The molecule has 1 aromatic heterocycles. The van der Waals surface area contributed by atoms with Gasteiger partial charge < -0.3 is 16.0 Å². The van der Waals surface area contributed by atoms with Crippen molar-refractivity contribution in [1.82, 2.24) is 9.97 Å². The number of anilines is 2. The Balaban J connectivity index is 1.69. The zero-order valence-corrected chi connectivity index (χ0v) is 14.3. The van der Waals surface area contributed by atoms with E-state index in [-0.39, 0.29) is 11.8 Å². The second kappa shape index (κ2) is 7.03. The van der Waals surface area contributed by atoms with Crippen molar-refractivity contribution in [1.29, 1.82) is 0 Å². The van der Waals surface area contributed by atoms with Crippen LogP contribution in [0.5, 0.6) is 0 Å². The number of carbonyl (C=O) groups excluding carboxylic acids is 1. The number of carbonyl (C=O) groups is 1. The molecule has 1 heterocycles. The summed E-state index contributed by atoms with van der Waals surface area (Å²) < 4.78 is 0. The first kappa shape index (κ1) is 16.5. The maximum absolute atomic E-state index is 11.2. The van der Waals surface area contributed by atoms with Crippen LogP contribution in [0.25, 0.3) is 10.9 Å². The fourth-order valence-corrected chi connectivity index (χ4v) is 3.37. The van der Waals surface area contributed by atoms with Crippen molar-refractivity contribution in [2.45, 2.75) is 25.7 Å². The van der Waals surface area contributed by atoms with Crippen molar-refractivity contribution in [3.05, 3.63) is 24.3 Å². The van der Waals surface area contributed by atoms with Crippen LogP contribution >= 0.6 is 0 Å². The second-order valence-electron chi connectivity index (χ2n) is 6.78. The van der Waals surface area contributed by atoms with Gasteiger partial charge in [-0.2, -0.15) is 4.98 Å². The quantitative estimate of drug-likeness (QED) is 0.881. The molecule has 0 aliphatic heterocycles. The first-order valence-electron chi connectivity index (χ1n) is 8.52. The van der Waals surface area contributed by atoms with Gasteiger partial charge in [-0.3, -0.25) is 4.79 Å². The van der Waals surface area contributed by atoms with Crippen LogP contribution in [0, 0.1) is 11.8 Å². The monoisotopic (exact) mass is 327 g/mol. The minimum atomic E-state index is -0.158. The molecule has 6 heteroatoms. The van der Waals surface area contributed by atoms with E-state index in [1.807, 2.05) is 43.3 Å². The first-order valence-corrected chi connectivity index (χ1v) is 8.52. The van der Waals surface area contributed by atoms with Crippen LogP contribution in [0.4, 0.5) is 11.8 Å². The maximum atomic E-state index is 11.2. The Morgan fingerprint density at radius 3 is 2.58 bits per heavy atom. The molecular weight excluding hydrogens is 302 g/mol. The van der Waals surface area contributed by atoms with Crippen LogP contribution < -0.4 is 16.0 Å². The van der Waals surface area contributed by atoms with Gasteiger partial charge >= 0.3 is 0 Å². The number of hydrogen-bond acceptors (Lipinski definition) is 5. The molecule has 3 N–H and O–H groups in total. The highest BCUT2D eigenvalue weighted by atomic mass is 16.1. The standard InChI is InChI=1S/C18H25N5O/c1-23(2)17-14-5-3-4-6-15(14)21-18(22-17)20-11-12-7-9-13(10-8-12)16(19)24/h3-6,12-13H,7-11H2,1-2H3,(H2,19,24)(H,20,21,22). The lowest BCUT2D eigenvalue weighted by Crippen LogP contribution is -2.29. The molecule has 1 aromatic carbocycles. The highest BCUT2D eigenvalue weighted by Gasteiger charge is 2.24. The number of rotatable bonds is 5. The van der Waals surface area contributed by atoms with Gasteiger partial charge in [0.1, 0.15) is 5.82 Å². The number of nitrogens with zero attached hydrogens (tertiary/aromatic N) is 3. The van der Waals surface area contributed by atoms with Crippen LogP contribution in [0.1, 0.15) is 25.7 Å². The molecule has 1 amide bonds. The third-order valence-electron chi connectivity index (χ3n) is 4.80. The Hall–Kier alpha value is -2.37. The molecule has 0 saturated heterocycles. The van der Waals surface area contributed by atoms with E-state index in [4.69, 9.17) is 5.73 Å². The van der Waals surface area contributed by atoms with Gasteiger partial charge in [0.05, 0.1) is 5.52 Å². The van der Waals surface area contributed by atoms with Gasteiger partial charge in [0.15, 0.2) is 0 Å². The number of benzene rings is 1. The predicted molar refractivity (Wildman–Crippen MR) is 97.0 cm³/mol. The number of hydrogen-bond donors (Lipinski definition) is 2. The minimum Gasteiger partial charge on any atom is -0.369 e. The highest BCUT2D eigenvalue weighted by Crippen LogP contribution is 2.29. The Morgan fingerprint density at radius 1 is 1.21 bits per heavy atom. The largest absolute Gasteiger partial charge is 0.369 e. The van der Waals surface area contributed by atoms with Crippen LogP contribution in [0.15, 0.2) is 24.3 Å². The third-order valence-corrected chi connectivity index (χ3v) is 4.80. The zero-order valence-electron chi connectivity index (χ0n) is 14.3. The molecule has 0 bridgehead atoms. The van der Waals surface area contributed by atoms with E-state index in [9.17, 15) is 4.79 Å². The molecule has 1 fully saturated rings. The molecule has 128 valence electrons. The van der Waals surface area contributed by atoms with Crippen LogP contribution in [-0.4, -0.2) is 36.5 Å². The Labute approximate surface area is 142 Å². The van der Waals surface area contributed by atoms with Crippen molar-refractivity contribution >= 4 is 28.6 Å². The summed E-state index contributed by atoms with van der Waals surface area (Å²) in [6, 6.07) is 8.04. The van der Waals surface area contributed by atoms with E-state index < -0.39 is 0 Å². The number of primary amides is 1. The number of nitrogens with one attached hydrogen (secondary N) is 1. The van der Waals surface area contributed by atoms with Gasteiger partial charge in [0.2, 0.25) is 11.9 Å². The zero-order chi connectivity index (χ0) is 17.1. The van der Waals surface area contributed by atoms with Gasteiger partial charge in [0.25, 0.3) is 0 Å². The lowest BCUT2D eigenvalue weighted by molar-refractivity contribution is -0.122. The number of para-hydroxylation sites is 1. The van der Waals surface area contributed by atoms with E-state index in [0.717, 1.165) is 48.9 Å². The lowest BCUT2D eigenvalue weighted by atomic mass is 9.82. The summed E-state index contributed by atoms with van der Waals surface area (Å²) in [5.41, 5.74) is 6.34. The van der Waals surface area contributed by atoms with Crippen molar-refractivity contribution in [2.24, 2.45) is 17.6 Å². The molecule has 0 unspecified atom stereocenters. The molecule has 0 spiro atoms.